The van der Waals surface area contributed by atoms with Crippen LogP contribution in [0.5, 0.6) is 0 Å². The van der Waals surface area contributed by atoms with Gasteiger partial charge in [0, 0.05) is 17.1 Å². The van der Waals surface area contributed by atoms with Crippen LogP contribution in [0.25, 0.3) is 11.3 Å². The molecular weight excluding hydrogens is 312 g/mol. The number of rotatable bonds is 4. The van der Waals surface area contributed by atoms with E-state index in [2.05, 4.69) is 16.2 Å². The zero-order valence-corrected chi connectivity index (χ0v) is 13.0. The Morgan fingerprint density at radius 1 is 1.43 bits per heavy atom. The maximum absolute atomic E-state index is 10.9. The second kappa shape index (κ2) is 6.02. The Balaban J connectivity index is 1.84. The molecule has 0 fully saturated rings. The minimum Gasteiger partial charge on any atom is -0.478 e. The van der Waals surface area contributed by atoms with Crippen LogP contribution in [0.2, 0.25) is 0 Å². The molecule has 6 nitrogen and oxygen atoms in total. The average Bonchev–Trinajstić information content (AvgIpc) is 3.16. The normalized spacial score (nSPS) is 10.4. The number of thiazole rings is 1. The van der Waals surface area contributed by atoms with Crippen molar-refractivity contribution in [2.75, 3.05) is 0 Å². The van der Waals surface area contributed by atoms with Crippen LogP contribution in [0.1, 0.15) is 26.5 Å². The minimum absolute atomic E-state index is 0.152. The zero-order valence-electron chi connectivity index (χ0n) is 12.2. The SMILES string of the molecule is Cc1cc(C#N)cc(-c2csc(Cn3cc(C(=O)O)cn3)n2)c1. The first-order valence-electron chi connectivity index (χ1n) is 6.77. The van der Waals surface area contributed by atoms with Crippen LogP contribution in [-0.4, -0.2) is 25.8 Å². The van der Waals surface area contributed by atoms with Crippen molar-refractivity contribution in [2.45, 2.75) is 13.5 Å². The number of aromatic carboxylic acids is 1. The maximum atomic E-state index is 10.9. The highest BCUT2D eigenvalue weighted by Crippen LogP contribution is 2.24. The highest BCUT2D eigenvalue weighted by molar-refractivity contribution is 7.09. The second-order valence-electron chi connectivity index (χ2n) is 5.06. The molecule has 3 aromatic rings. The van der Waals surface area contributed by atoms with Gasteiger partial charge in [-0.1, -0.05) is 0 Å². The van der Waals surface area contributed by atoms with Crippen molar-refractivity contribution in [3.05, 3.63) is 57.7 Å². The molecule has 0 saturated carbocycles. The fourth-order valence-electron chi connectivity index (χ4n) is 2.21. The number of hydrogen-bond donors (Lipinski definition) is 1. The Kier molecular flexibility index (Phi) is 3.91. The molecule has 114 valence electrons. The molecule has 0 amide bonds. The molecule has 1 aromatic carbocycles. The predicted molar refractivity (Wildman–Crippen MR) is 85.3 cm³/mol. The lowest BCUT2D eigenvalue weighted by Gasteiger charge is -2.00. The summed E-state index contributed by atoms with van der Waals surface area (Å²) in [5.41, 5.74) is 3.46. The number of hydrogen-bond acceptors (Lipinski definition) is 5. The number of aromatic nitrogens is 3. The van der Waals surface area contributed by atoms with E-state index in [0.717, 1.165) is 21.8 Å². The lowest BCUT2D eigenvalue weighted by molar-refractivity contribution is 0.0697. The van der Waals surface area contributed by atoms with Gasteiger partial charge in [0.1, 0.15) is 5.01 Å². The first kappa shape index (κ1) is 14.9. The highest BCUT2D eigenvalue weighted by Gasteiger charge is 2.10. The van der Waals surface area contributed by atoms with Crippen LogP contribution in [-0.2, 0) is 6.54 Å². The summed E-state index contributed by atoms with van der Waals surface area (Å²) < 4.78 is 1.54. The second-order valence-corrected chi connectivity index (χ2v) is 6.00. The van der Waals surface area contributed by atoms with Gasteiger partial charge in [-0.15, -0.1) is 11.3 Å². The van der Waals surface area contributed by atoms with E-state index in [0.29, 0.717) is 12.1 Å². The van der Waals surface area contributed by atoms with Crippen molar-refractivity contribution < 1.29 is 9.90 Å². The molecule has 0 bridgehead atoms. The lowest BCUT2D eigenvalue weighted by Crippen LogP contribution is -2.00. The Labute approximate surface area is 136 Å². The molecule has 1 N–H and O–H groups in total. The van der Waals surface area contributed by atoms with Crippen LogP contribution in [0.3, 0.4) is 0 Å². The molecule has 2 heterocycles. The highest BCUT2D eigenvalue weighted by atomic mass is 32.1. The molecule has 0 aliphatic carbocycles. The van der Waals surface area contributed by atoms with Gasteiger partial charge in [0.05, 0.1) is 35.6 Å². The van der Waals surface area contributed by atoms with E-state index in [9.17, 15) is 4.79 Å². The van der Waals surface area contributed by atoms with Crippen molar-refractivity contribution in [1.82, 2.24) is 14.8 Å². The minimum atomic E-state index is -1.00. The number of nitrogens with zero attached hydrogens (tertiary/aromatic N) is 4. The standard InChI is InChI=1S/C16H12N4O2S/c1-10-2-11(5-17)4-12(3-10)14-9-23-15(19-14)8-20-7-13(6-18-20)16(21)22/h2-4,6-7,9H,8H2,1H3,(H,21,22). The number of benzene rings is 1. The summed E-state index contributed by atoms with van der Waals surface area (Å²) in [6.07, 6.45) is 2.79. The van der Waals surface area contributed by atoms with Crippen LogP contribution >= 0.6 is 11.3 Å². The van der Waals surface area contributed by atoms with E-state index in [-0.39, 0.29) is 5.56 Å². The molecule has 0 unspecified atom stereocenters. The van der Waals surface area contributed by atoms with Crippen LogP contribution < -0.4 is 0 Å². The Bertz CT molecular complexity index is 920. The molecule has 0 aliphatic rings. The summed E-state index contributed by atoms with van der Waals surface area (Å²) in [7, 11) is 0. The van der Waals surface area contributed by atoms with E-state index in [1.807, 2.05) is 30.5 Å². The van der Waals surface area contributed by atoms with Gasteiger partial charge < -0.3 is 5.11 Å². The number of carbonyl (C=O) groups is 1. The number of nitriles is 1. The maximum Gasteiger partial charge on any atom is 0.338 e. The molecule has 0 aliphatic heterocycles. The van der Waals surface area contributed by atoms with Gasteiger partial charge in [-0.3, -0.25) is 4.68 Å². The lowest BCUT2D eigenvalue weighted by atomic mass is 10.1. The van der Waals surface area contributed by atoms with E-state index < -0.39 is 5.97 Å². The molecule has 0 saturated heterocycles. The van der Waals surface area contributed by atoms with Crippen LogP contribution in [0.15, 0.2) is 36.0 Å². The van der Waals surface area contributed by atoms with E-state index >= 15 is 0 Å². The third-order valence-electron chi connectivity index (χ3n) is 3.23. The van der Waals surface area contributed by atoms with Gasteiger partial charge in [-0.2, -0.15) is 10.4 Å². The Hall–Kier alpha value is -2.98. The third-order valence-corrected chi connectivity index (χ3v) is 4.06. The van der Waals surface area contributed by atoms with Gasteiger partial charge in [0.15, 0.2) is 0 Å². The number of carboxylic acid groups (broad SMARTS) is 1. The molecule has 0 atom stereocenters. The number of carboxylic acids is 1. The number of aryl methyl sites for hydroxylation is 1. The average molecular weight is 324 g/mol. The van der Waals surface area contributed by atoms with Gasteiger partial charge >= 0.3 is 5.97 Å². The van der Waals surface area contributed by atoms with Gasteiger partial charge in [-0.05, 0) is 30.7 Å². The van der Waals surface area contributed by atoms with Crippen molar-refractivity contribution in [1.29, 1.82) is 5.26 Å². The zero-order chi connectivity index (χ0) is 16.4. The summed E-state index contributed by atoms with van der Waals surface area (Å²) in [6, 6.07) is 7.76. The molecule has 3 rings (SSSR count). The van der Waals surface area contributed by atoms with Crippen molar-refractivity contribution in [3.63, 3.8) is 0 Å². The summed E-state index contributed by atoms with van der Waals surface area (Å²) >= 11 is 1.47. The largest absolute Gasteiger partial charge is 0.478 e. The van der Waals surface area contributed by atoms with E-state index in [1.165, 1.54) is 23.7 Å². The predicted octanol–water partition coefficient (Wildman–Crippen LogP) is 2.93. The van der Waals surface area contributed by atoms with Crippen molar-refractivity contribution >= 4 is 17.3 Å². The monoisotopic (exact) mass is 324 g/mol. The van der Waals surface area contributed by atoms with Crippen molar-refractivity contribution in [2.24, 2.45) is 0 Å². The first-order valence-corrected chi connectivity index (χ1v) is 7.65. The van der Waals surface area contributed by atoms with Crippen molar-refractivity contribution in [3.8, 4) is 17.3 Å². The third kappa shape index (κ3) is 3.27. The Morgan fingerprint density at radius 3 is 2.96 bits per heavy atom. The Morgan fingerprint density at radius 2 is 2.26 bits per heavy atom. The van der Waals surface area contributed by atoms with E-state index in [4.69, 9.17) is 10.4 Å². The summed E-state index contributed by atoms with van der Waals surface area (Å²) in [4.78, 5) is 15.4. The molecule has 2 aromatic heterocycles. The molecule has 23 heavy (non-hydrogen) atoms. The molecule has 7 heteroatoms. The van der Waals surface area contributed by atoms with Crippen LogP contribution in [0, 0.1) is 18.3 Å². The van der Waals surface area contributed by atoms with Gasteiger partial charge in [0.25, 0.3) is 0 Å². The molecule has 0 spiro atoms. The molecule has 0 radical (unpaired) electrons. The van der Waals surface area contributed by atoms with Gasteiger partial charge in [-0.25, -0.2) is 9.78 Å². The van der Waals surface area contributed by atoms with E-state index in [1.54, 1.807) is 4.68 Å². The van der Waals surface area contributed by atoms with Gasteiger partial charge in [0.2, 0.25) is 0 Å². The smallest absolute Gasteiger partial charge is 0.338 e. The summed E-state index contributed by atoms with van der Waals surface area (Å²) in [5.74, 6) is -1.00. The summed E-state index contributed by atoms with van der Waals surface area (Å²) in [6.45, 7) is 2.35. The quantitative estimate of drug-likeness (QED) is 0.796. The molecular formula is C16H12N4O2S. The summed E-state index contributed by atoms with van der Waals surface area (Å²) in [5, 5.41) is 24.7. The topological polar surface area (TPSA) is 91.8 Å². The fourth-order valence-corrected chi connectivity index (χ4v) is 3.01. The van der Waals surface area contributed by atoms with Crippen LogP contribution in [0.4, 0.5) is 0 Å². The first-order chi connectivity index (χ1) is 11.0. The fraction of sp³-hybridized carbons (Fsp3) is 0.125.